The molecule has 6 atom stereocenters. The topological polar surface area (TPSA) is 237 Å². The van der Waals surface area contributed by atoms with Crippen molar-refractivity contribution in [2.24, 2.45) is 5.92 Å². The third-order valence-corrected chi connectivity index (χ3v) is 20.9. The van der Waals surface area contributed by atoms with Crippen LogP contribution in [0.3, 0.4) is 0 Å². The van der Waals surface area contributed by atoms with Gasteiger partial charge in [-0.15, -0.1) is 0 Å². The Balaban J connectivity index is 5.29. The second-order valence-electron chi connectivity index (χ2n) is 29.1. The summed E-state index contributed by atoms with van der Waals surface area (Å²) in [7, 11) is -9.93. The fraction of sp³-hybridized carbons (Fsp3) is 0.902. The zero-order valence-electron chi connectivity index (χ0n) is 65.5. The lowest BCUT2D eigenvalue weighted by Gasteiger charge is -2.21. The van der Waals surface area contributed by atoms with Crippen LogP contribution >= 0.6 is 15.6 Å². The highest BCUT2D eigenvalue weighted by molar-refractivity contribution is 7.47. The molecule has 3 unspecified atom stereocenters. The zero-order valence-corrected chi connectivity index (χ0v) is 67.3. The maximum atomic E-state index is 13.1. The average Bonchev–Trinajstić information content (AvgIpc) is 0.930. The summed E-state index contributed by atoms with van der Waals surface area (Å²) in [6.45, 7) is 7.32. The minimum absolute atomic E-state index is 0.0856. The standard InChI is InChI=1S/C82H156O17P2/c1-6-10-13-16-19-22-25-27-29-30-32-36-41-46-51-56-61-66-80(85)93-72-78(99-82(87)68-63-58-53-48-43-38-34-33-35-40-44-49-54-59-64-75(5)9-4)74-97-101(90,91)95-70-76(83)69-94-100(88,89)96-73-77(71-92-79(84)65-60-55-50-45-39-24-21-18-15-12-8-3)98-81(86)67-62-57-52-47-42-37-31-28-26-23-20-17-14-11-7-2/h23,26,28,31,75-78,83H,6-22,24-25,27,29-30,32-74H2,1-5H3,(H,88,89)(H,90,91)/b26-23-,31-28-/t75?,76-,77+,78+/m0/s1. The average molecular weight is 1480 g/mol. The van der Waals surface area contributed by atoms with Crippen molar-refractivity contribution >= 4 is 39.5 Å². The summed E-state index contributed by atoms with van der Waals surface area (Å²) in [5.41, 5.74) is 0. The van der Waals surface area contributed by atoms with Crippen molar-refractivity contribution in [1.29, 1.82) is 0 Å². The second kappa shape index (κ2) is 74.4. The minimum Gasteiger partial charge on any atom is -0.462 e. The fourth-order valence-corrected chi connectivity index (χ4v) is 13.8. The van der Waals surface area contributed by atoms with Gasteiger partial charge >= 0.3 is 39.5 Å². The van der Waals surface area contributed by atoms with E-state index in [1.165, 1.54) is 225 Å². The van der Waals surface area contributed by atoms with Crippen LogP contribution in [0.5, 0.6) is 0 Å². The highest BCUT2D eigenvalue weighted by Crippen LogP contribution is 2.45. The third-order valence-electron chi connectivity index (χ3n) is 19.0. The SMILES string of the molecule is CCCCCC/C=C\C=C/CCCCCCCC(=O)O[C@H](COC(=O)CCCCCCCCCCCCC)COP(=O)(O)OC[C@H](O)COP(=O)(O)OC[C@@H](COC(=O)CCCCCCCCCCCCCCCCCCC)OC(=O)CCCCCCCCCCCCCCCCC(C)CC. The molecule has 0 aliphatic rings. The summed E-state index contributed by atoms with van der Waals surface area (Å²) in [6, 6.07) is 0. The predicted octanol–water partition coefficient (Wildman–Crippen LogP) is 24.4. The van der Waals surface area contributed by atoms with Gasteiger partial charge in [0.2, 0.25) is 0 Å². The third kappa shape index (κ3) is 74.2. The number of carbonyl (C=O) groups is 4. The van der Waals surface area contributed by atoms with Crippen molar-refractivity contribution in [3.05, 3.63) is 24.3 Å². The number of unbranched alkanes of at least 4 members (excludes halogenated alkanes) is 48. The molecule has 0 fully saturated rings. The van der Waals surface area contributed by atoms with E-state index in [1.807, 2.05) is 0 Å². The molecule has 101 heavy (non-hydrogen) atoms. The Labute approximate surface area is 618 Å². The first-order chi connectivity index (χ1) is 49.1. The number of aliphatic hydroxyl groups is 1. The molecule has 3 N–H and O–H groups in total. The fourth-order valence-electron chi connectivity index (χ4n) is 12.2. The Morgan fingerprint density at radius 3 is 0.842 bits per heavy atom. The number of ether oxygens (including phenoxy) is 4. The molecule has 0 aromatic rings. The van der Waals surface area contributed by atoms with Gasteiger partial charge in [0.1, 0.15) is 19.3 Å². The van der Waals surface area contributed by atoms with E-state index in [9.17, 15) is 43.2 Å². The van der Waals surface area contributed by atoms with E-state index < -0.39 is 97.5 Å². The Bertz CT molecular complexity index is 2020. The zero-order chi connectivity index (χ0) is 74.1. The molecular weight excluding hydrogens is 1320 g/mol. The van der Waals surface area contributed by atoms with Crippen molar-refractivity contribution < 1.29 is 80.2 Å². The molecule has 0 saturated heterocycles. The highest BCUT2D eigenvalue weighted by Gasteiger charge is 2.30. The first kappa shape index (κ1) is 98.5. The van der Waals surface area contributed by atoms with Crippen LogP contribution < -0.4 is 0 Å². The number of carbonyl (C=O) groups excluding carboxylic acids is 4. The molecule has 0 bridgehead atoms. The van der Waals surface area contributed by atoms with E-state index in [0.29, 0.717) is 25.7 Å². The van der Waals surface area contributed by atoms with Gasteiger partial charge in [-0.05, 0) is 57.3 Å². The van der Waals surface area contributed by atoms with Crippen LogP contribution in [0.15, 0.2) is 24.3 Å². The number of esters is 4. The number of phosphoric acid groups is 2. The van der Waals surface area contributed by atoms with Crippen molar-refractivity contribution in [3.63, 3.8) is 0 Å². The quantitative estimate of drug-likeness (QED) is 0.0169. The first-order valence-electron chi connectivity index (χ1n) is 42.0. The van der Waals surface area contributed by atoms with Crippen LogP contribution in [-0.4, -0.2) is 96.7 Å². The normalized spacial score (nSPS) is 14.3. The van der Waals surface area contributed by atoms with Gasteiger partial charge in [-0.1, -0.05) is 361 Å². The van der Waals surface area contributed by atoms with E-state index in [1.54, 1.807) is 0 Å². The van der Waals surface area contributed by atoms with Crippen LogP contribution in [0.4, 0.5) is 0 Å². The van der Waals surface area contributed by atoms with Gasteiger partial charge in [0, 0.05) is 25.7 Å². The second-order valence-corrected chi connectivity index (χ2v) is 32.0. The first-order valence-corrected chi connectivity index (χ1v) is 45.0. The van der Waals surface area contributed by atoms with Gasteiger partial charge in [0.05, 0.1) is 26.4 Å². The summed E-state index contributed by atoms with van der Waals surface area (Å²) in [4.78, 5) is 73.1. The lowest BCUT2D eigenvalue weighted by molar-refractivity contribution is -0.161. The molecule has 0 aromatic heterocycles. The summed E-state index contributed by atoms with van der Waals surface area (Å²) < 4.78 is 68.7. The summed E-state index contributed by atoms with van der Waals surface area (Å²) in [6.07, 6.45) is 68.6. The Morgan fingerprint density at radius 2 is 0.554 bits per heavy atom. The monoisotopic (exact) mass is 1480 g/mol. The van der Waals surface area contributed by atoms with Gasteiger partial charge < -0.3 is 33.8 Å². The van der Waals surface area contributed by atoms with Gasteiger partial charge in [-0.25, -0.2) is 9.13 Å². The number of rotatable bonds is 80. The van der Waals surface area contributed by atoms with Gasteiger partial charge in [0.15, 0.2) is 12.2 Å². The lowest BCUT2D eigenvalue weighted by Crippen LogP contribution is -2.30. The largest absolute Gasteiger partial charge is 0.472 e. The van der Waals surface area contributed by atoms with E-state index in [2.05, 4.69) is 58.9 Å². The van der Waals surface area contributed by atoms with E-state index in [4.69, 9.17) is 37.0 Å². The predicted molar refractivity (Wildman–Crippen MR) is 414 cm³/mol. The van der Waals surface area contributed by atoms with Crippen LogP contribution in [0, 0.1) is 5.92 Å². The number of aliphatic hydroxyl groups excluding tert-OH is 1. The van der Waals surface area contributed by atoms with Crippen molar-refractivity contribution in [2.75, 3.05) is 39.6 Å². The lowest BCUT2D eigenvalue weighted by atomic mass is 9.99. The molecule has 0 saturated carbocycles. The van der Waals surface area contributed by atoms with E-state index in [0.717, 1.165) is 109 Å². The van der Waals surface area contributed by atoms with Crippen molar-refractivity contribution in [1.82, 2.24) is 0 Å². The molecule has 0 aliphatic carbocycles. The Morgan fingerprint density at radius 1 is 0.317 bits per heavy atom. The van der Waals surface area contributed by atoms with Crippen LogP contribution in [0.2, 0.25) is 0 Å². The molecule has 0 amide bonds. The molecule has 0 spiro atoms. The van der Waals surface area contributed by atoms with Crippen LogP contribution in [0.1, 0.15) is 413 Å². The van der Waals surface area contributed by atoms with Gasteiger partial charge in [-0.2, -0.15) is 0 Å². The summed E-state index contributed by atoms with van der Waals surface area (Å²) in [5.74, 6) is -1.29. The molecule has 0 aromatic carbocycles. The Hall–Kier alpha value is -2.46. The summed E-state index contributed by atoms with van der Waals surface area (Å²) >= 11 is 0. The maximum Gasteiger partial charge on any atom is 0.472 e. The molecule has 596 valence electrons. The molecular formula is C82H156O17P2. The van der Waals surface area contributed by atoms with Crippen molar-refractivity contribution in [2.45, 2.75) is 432 Å². The van der Waals surface area contributed by atoms with Gasteiger partial charge in [0.25, 0.3) is 0 Å². The number of hydrogen-bond acceptors (Lipinski definition) is 15. The summed E-state index contributed by atoms with van der Waals surface area (Å²) in [5, 5.41) is 10.6. The molecule has 19 heteroatoms. The molecule has 0 heterocycles. The number of hydrogen-bond donors (Lipinski definition) is 3. The molecule has 17 nitrogen and oxygen atoms in total. The smallest absolute Gasteiger partial charge is 0.462 e. The van der Waals surface area contributed by atoms with E-state index >= 15 is 0 Å². The number of phosphoric ester groups is 2. The van der Waals surface area contributed by atoms with Crippen LogP contribution in [-0.2, 0) is 65.4 Å². The van der Waals surface area contributed by atoms with Crippen LogP contribution in [0.25, 0.3) is 0 Å². The molecule has 0 aliphatic heterocycles. The highest BCUT2D eigenvalue weighted by atomic mass is 31.2. The number of allylic oxidation sites excluding steroid dienone is 4. The minimum atomic E-state index is -4.97. The van der Waals surface area contributed by atoms with Gasteiger partial charge in [-0.3, -0.25) is 37.3 Å². The van der Waals surface area contributed by atoms with E-state index in [-0.39, 0.29) is 25.7 Å². The maximum absolute atomic E-state index is 13.1. The Kier molecular flexibility index (Phi) is 72.6. The van der Waals surface area contributed by atoms with Crippen molar-refractivity contribution in [3.8, 4) is 0 Å². The molecule has 0 radical (unpaired) electrons. The molecule has 0 rings (SSSR count).